The second-order valence-corrected chi connectivity index (χ2v) is 8.66. The molecule has 1 saturated heterocycles. The Labute approximate surface area is 163 Å². The zero-order valence-corrected chi connectivity index (χ0v) is 17.4. The van der Waals surface area contributed by atoms with Crippen LogP contribution in [0.2, 0.25) is 0 Å². The second-order valence-electron chi connectivity index (χ2n) is 8.66. The molecule has 1 atom stereocenters. The van der Waals surface area contributed by atoms with Gasteiger partial charge in [0.15, 0.2) is 0 Å². The van der Waals surface area contributed by atoms with Crippen molar-refractivity contribution in [2.24, 2.45) is 11.8 Å². The van der Waals surface area contributed by atoms with Crippen molar-refractivity contribution in [2.45, 2.75) is 71.5 Å². The number of carboxylic acid groups (broad SMARTS) is 1. The summed E-state index contributed by atoms with van der Waals surface area (Å²) in [6, 6.07) is 0.681. The van der Waals surface area contributed by atoms with Gasteiger partial charge in [-0.25, -0.2) is 4.79 Å². The van der Waals surface area contributed by atoms with Crippen LogP contribution in [0, 0.1) is 11.8 Å². The molecular formula is C20H38N4O3. The summed E-state index contributed by atoms with van der Waals surface area (Å²) >= 11 is 0. The lowest BCUT2D eigenvalue weighted by Gasteiger charge is -2.42. The minimum atomic E-state index is -0.794. The number of piperidine rings is 1. The van der Waals surface area contributed by atoms with Gasteiger partial charge in [0.1, 0.15) is 0 Å². The fourth-order valence-electron chi connectivity index (χ4n) is 4.26. The molecule has 1 heterocycles. The highest BCUT2D eigenvalue weighted by Gasteiger charge is 2.35. The molecule has 7 heteroatoms. The third-order valence-electron chi connectivity index (χ3n) is 6.24. The first-order valence-electron chi connectivity index (χ1n) is 10.5. The van der Waals surface area contributed by atoms with Crippen molar-refractivity contribution >= 4 is 12.0 Å². The third-order valence-corrected chi connectivity index (χ3v) is 6.24. The van der Waals surface area contributed by atoms with E-state index in [1.165, 1.54) is 12.8 Å². The van der Waals surface area contributed by atoms with E-state index in [-0.39, 0.29) is 24.7 Å². The Morgan fingerprint density at radius 1 is 1.22 bits per heavy atom. The molecule has 7 nitrogen and oxygen atoms in total. The lowest BCUT2D eigenvalue weighted by molar-refractivity contribution is -0.139. The average molecular weight is 383 g/mol. The van der Waals surface area contributed by atoms with Crippen LogP contribution in [0.4, 0.5) is 4.79 Å². The molecule has 3 N–H and O–H groups in total. The Bertz CT molecular complexity index is 486. The topological polar surface area (TPSA) is 84.9 Å². The van der Waals surface area contributed by atoms with Crippen molar-refractivity contribution in [3.05, 3.63) is 0 Å². The zero-order valence-electron chi connectivity index (χ0n) is 17.4. The molecule has 1 saturated carbocycles. The number of carbonyl (C=O) groups excluding carboxylic acids is 1. The number of carbonyl (C=O) groups is 2. The normalized spacial score (nSPS) is 25.3. The van der Waals surface area contributed by atoms with Gasteiger partial charge in [-0.2, -0.15) is 0 Å². The molecule has 0 aromatic rings. The lowest BCUT2D eigenvalue weighted by atomic mass is 9.85. The van der Waals surface area contributed by atoms with Gasteiger partial charge in [-0.15, -0.1) is 0 Å². The number of amides is 2. The van der Waals surface area contributed by atoms with Crippen LogP contribution in [0.15, 0.2) is 0 Å². The predicted octanol–water partition coefficient (Wildman–Crippen LogP) is 1.98. The molecule has 2 rings (SSSR count). The molecule has 0 aromatic carbocycles. The Balaban J connectivity index is 1.70. The molecule has 156 valence electrons. The fraction of sp³-hybridized carbons (Fsp3) is 0.900. The molecule has 0 spiro atoms. The van der Waals surface area contributed by atoms with E-state index in [1.807, 2.05) is 11.8 Å². The first-order valence-corrected chi connectivity index (χ1v) is 10.5. The van der Waals surface area contributed by atoms with E-state index in [9.17, 15) is 9.59 Å². The smallest absolute Gasteiger partial charge is 0.317 e. The number of urea groups is 1. The van der Waals surface area contributed by atoms with Crippen molar-refractivity contribution in [1.29, 1.82) is 0 Å². The highest BCUT2D eigenvalue weighted by molar-refractivity contribution is 5.74. The molecule has 2 amide bonds. The minimum Gasteiger partial charge on any atom is -0.480 e. The fourth-order valence-corrected chi connectivity index (χ4v) is 4.26. The van der Waals surface area contributed by atoms with Crippen molar-refractivity contribution < 1.29 is 14.7 Å². The molecule has 0 bridgehead atoms. The molecule has 1 aliphatic carbocycles. The molecule has 1 unspecified atom stereocenters. The van der Waals surface area contributed by atoms with Crippen molar-refractivity contribution in [1.82, 2.24) is 20.4 Å². The monoisotopic (exact) mass is 382 g/mol. The van der Waals surface area contributed by atoms with Gasteiger partial charge in [0.05, 0.1) is 6.54 Å². The molecule has 27 heavy (non-hydrogen) atoms. The van der Waals surface area contributed by atoms with E-state index in [0.29, 0.717) is 18.5 Å². The molecular weight excluding hydrogens is 344 g/mol. The number of hydrogen-bond donors (Lipinski definition) is 3. The van der Waals surface area contributed by atoms with Gasteiger partial charge in [-0.3, -0.25) is 14.6 Å². The van der Waals surface area contributed by atoms with Crippen LogP contribution in [0.1, 0.15) is 53.4 Å². The van der Waals surface area contributed by atoms with Gasteiger partial charge < -0.3 is 15.7 Å². The Morgan fingerprint density at radius 2 is 1.85 bits per heavy atom. The van der Waals surface area contributed by atoms with Crippen molar-refractivity contribution in [2.75, 3.05) is 32.7 Å². The number of carboxylic acids is 1. The summed E-state index contributed by atoms with van der Waals surface area (Å²) in [5, 5.41) is 15.1. The average Bonchev–Trinajstić information content (AvgIpc) is 2.57. The van der Waals surface area contributed by atoms with E-state index >= 15 is 0 Å². The SMILES string of the molecule is CCN(CC(=O)O)C1CC(NC(=O)NCC(C(C)C)N2CCC(C)CC2)C1. The Morgan fingerprint density at radius 3 is 2.37 bits per heavy atom. The standard InChI is InChI=1S/C20H38N4O3/c1-5-23(13-19(25)26)17-10-16(11-17)22-20(27)21-12-18(14(2)3)24-8-6-15(4)7-9-24/h14-18H,5-13H2,1-4H3,(H,25,26)(H2,21,22,27). The van der Waals surface area contributed by atoms with E-state index in [0.717, 1.165) is 38.4 Å². The van der Waals surface area contributed by atoms with E-state index in [2.05, 4.69) is 36.3 Å². The van der Waals surface area contributed by atoms with Gasteiger partial charge in [0, 0.05) is 24.7 Å². The highest BCUT2D eigenvalue weighted by Crippen LogP contribution is 2.25. The maximum absolute atomic E-state index is 12.3. The van der Waals surface area contributed by atoms with Gasteiger partial charge in [0.2, 0.25) is 0 Å². The Hall–Kier alpha value is -1.34. The van der Waals surface area contributed by atoms with Crippen LogP contribution in [0.25, 0.3) is 0 Å². The van der Waals surface area contributed by atoms with Gasteiger partial charge in [-0.1, -0.05) is 27.7 Å². The summed E-state index contributed by atoms with van der Waals surface area (Å²) in [7, 11) is 0. The quantitative estimate of drug-likeness (QED) is 0.568. The largest absolute Gasteiger partial charge is 0.480 e. The van der Waals surface area contributed by atoms with E-state index in [1.54, 1.807) is 0 Å². The maximum Gasteiger partial charge on any atom is 0.317 e. The van der Waals surface area contributed by atoms with Crippen LogP contribution in [-0.2, 0) is 4.79 Å². The molecule has 0 aromatic heterocycles. The van der Waals surface area contributed by atoms with E-state index in [4.69, 9.17) is 5.11 Å². The second kappa shape index (κ2) is 10.3. The van der Waals surface area contributed by atoms with E-state index < -0.39 is 5.97 Å². The van der Waals surface area contributed by atoms with Crippen LogP contribution in [0.5, 0.6) is 0 Å². The van der Waals surface area contributed by atoms with Crippen LogP contribution in [0.3, 0.4) is 0 Å². The summed E-state index contributed by atoms with van der Waals surface area (Å²) in [6.07, 6.45) is 4.13. The molecule has 2 aliphatic rings. The summed E-state index contributed by atoms with van der Waals surface area (Å²) in [4.78, 5) is 27.7. The van der Waals surface area contributed by atoms with Crippen LogP contribution >= 0.6 is 0 Å². The number of nitrogens with one attached hydrogen (secondary N) is 2. The lowest BCUT2D eigenvalue weighted by Crippen LogP contribution is -2.57. The molecule has 0 radical (unpaired) electrons. The number of hydrogen-bond acceptors (Lipinski definition) is 4. The number of likely N-dealkylation sites (N-methyl/N-ethyl adjacent to an activating group) is 1. The van der Waals surface area contributed by atoms with Crippen molar-refractivity contribution in [3.8, 4) is 0 Å². The summed E-state index contributed by atoms with van der Waals surface area (Å²) in [5.41, 5.74) is 0. The summed E-state index contributed by atoms with van der Waals surface area (Å²) < 4.78 is 0. The third kappa shape index (κ3) is 6.64. The number of rotatable bonds is 9. The summed E-state index contributed by atoms with van der Waals surface area (Å²) in [6.45, 7) is 12.4. The Kier molecular flexibility index (Phi) is 8.35. The summed E-state index contributed by atoms with van der Waals surface area (Å²) in [5.74, 6) is 0.513. The first kappa shape index (κ1) is 22.0. The molecule has 2 fully saturated rings. The van der Waals surface area contributed by atoms with Gasteiger partial charge >= 0.3 is 12.0 Å². The number of likely N-dealkylation sites (tertiary alicyclic amines) is 1. The van der Waals surface area contributed by atoms with Gasteiger partial charge in [0.25, 0.3) is 0 Å². The highest BCUT2D eigenvalue weighted by atomic mass is 16.4. The molecule has 1 aliphatic heterocycles. The zero-order chi connectivity index (χ0) is 20.0. The maximum atomic E-state index is 12.3. The van der Waals surface area contributed by atoms with Crippen LogP contribution < -0.4 is 10.6 Å². The predicted molar refractivity (Wildman–Crippen MR) is 107 cm³/mol. The first-order chi connectivity index (χ1) is 12.8. The number of aliphatic carboxylic acids is 1. The number of nitrogens with zero attached hydrogens (tertiary/aromatic N) is 2. The van der Waals surface area contributed by atoms with Crippen LogP contribution in [-0.4, -0.2) is 77.8 Å². The minimum absolute atomic E-state index is 0.0740. The van der Waals surface area contributed by atoms with Crippen molar-refractivity contribution in [3.63, 3.8) is 0 Å². The van der Waals surface area contributed by atoms with Gasteiger partial charge in [-0.05, 0) is 57.2 Å².